The molecule has 0 aromatic carbocycles. The van der Waals surface area contributed by atoms with Crippen molar-refractivity contribution in [1.82, 2.24) is 4.90 Å². The highest BCUT2D eigenvalue weighted by Crippen LogP contribution is 2.22. The predicted octanol–water partition coefficient (Wildman–Crippen LogP) is 3.68. The average molecular weight is 224 g/mol. The molecule has 15 heavy (non-hydrogen) atoms. The summed E-state index contributed by atoms with van der Waals surface area (Å²) in [6.07, 6.45) is 12.0. The fourth-order valence-electron chi connectivity index (χ4n) is 2.09. The normalized spacial score (nSPS) is 23.5. The van der Waals surface area contributed by atoms with Gasteiger partial charge in [0.25, 0.3) is 0 Å². The van der Waals surface area contributed by atoms with Crippen LogP contribution in [0, 0.1) is 5.92 Å². The minimum absolute atomic E-state index is 0.853. The second-order valence-electron chi connectivity index (χ2n) is 4.46. The zero-order chi connectivity index (χ0) is 10.7. The number of hydrogen-bond acceptors (Lipinski definition) is 1. The molecule has 0 aromatic heterocycles. The summed E-state index contributed by atoms with van der Waals surface area (Å²) in [6, 6.07) is 0. The standard InChI is InChI=1S/C13H18ClN/c1-11-7-9-15(10-8-11)13-4-2-3-12(14)5-6-13/h3-6,11H,2,7-10H2,1H3. The fraction of sp³-hybridized carbons (Fsp3) is 0.538. The summed E-state index contributed by atoms with van der Waals surface area (Å²) in [4.78, 5) is 2.47. The third-order valence-electron chi connectivity index (χ3n) is 3.20. The number of hydrogen-bond donors (Lipinski definition) is 0. The summed E-state index contributed by atoms with van der Waals surface area (Å²) in [5.74, 6) is 0.887. The van der Waals surface area contributed by atoms with Crippen LogP contribution < -0.4 is 0 Å². The minimum atomic E-state index is 0.853. The minimum Gasteiger partial charge on any atom is -0.372 e. The predicted molar refractivity (Wildman–Crippen MR) is 65.7 cm³/mol. The number of allylic oxidation sites excluding steroid dienone is 5. The van der Waals surface area contributed by atoms with Crippen LogP contribution in [0.1, 0.15) is 26.2 Å². The van der Waals surface area contributed by atoms with Crippen LogP contribution in [0.15, 0.2) is 35.0 Å². The van der Waals surface area contributed by atoms with Gasteiger partial charge in [0.15, 0.2) is 0 Å². The van der Waals surface area contributed by atoms with Gasteiger partial charge in [0.1, 0.15) is 0 Å². The van der Waals surface area contributed by atoms with E-state index in [0.717, 1.165) is 17.4 Å². The second kappa shape index (κ2) is 4.89. The molecule has 2 heteroatoms. The van der Waals surface area contributed by atoms with E-state index in [2.05, 4.69) is 30.1 Å². The van der Waals surface area contributed by atoms with Crippen LogP contribution in [0.2, 0.25) is 0 Å². The molecular weight excluding hydrogens is 206 g/mol. The Morgan fingerprint density at radius 3 is 2.67 bits per heavy atom. The molecule has 1 aliphatic carbocycles. The third-order valence-corrected chi connectivity index (χ3v) is 3.48. The Hall–Kier alpha value is -0.690. The molecule has 0 N–H and O–H groups in total. The van der Waals surface area contributed by atoms with Gasteiger partial charge < -0.3 is 4.90 Å². The SMILES string of the molecule is CC1CCN(C2=CCC=C(Cl)C=C2)CC1. The molecule has 0 amide bonds. The van der Waals surface area contributed by atoms with E-state index in [4.69, 9.17) is 11.6 Å². The van der Waals surface area contributed by atoms with Crippen molar-refractivity contribution in [3.8, 4) is 0 Å². The van der Waals surface area contributed by atoms with Crippen LogP contribution in [0.3, 0.4) is 0 Å². The number of piperidine rings is 1. The van der Waals surface area contributed by atoms with E-state index in [1.807, 2.05) is 6.08 Å². The smallest absolute Gasteiger partial charge is 0.0370 e. The quantitative estimate of drug-likeness (QED) is 0.656. The maximum atomic E-state index is 5.97. The highest BCUT2D eigenvalue weighted by Gasteiger charge is 2.16. The van der Waals surface area contributed by atoms with Crippen LogP contribution in [0.25, 0.3) is 0 Å². The van der Waals surface area contributed by atoms with E-state index in [-0.39, 0.29) is 0 Å². The van der Waals surface area contributed by atoms with Crippen molar-refractivity contribution in [2.75, 3.05) is 13.1 Å². The second-order valence-corrected chi connectivity index (χ2v) is 4.89. The zero-order valence-electron chi connectivity index (χ0n) is 9.25. The molecule has 0 aromatic rings. The number of likely N-dealkylation sites (tertiary alicyclic amines) is 1. The largest absolute Gasteiger partial charge is 0.372 e. The Bertz CT molecular complexity index is 306. The zero-order valence-corrected chi connectivity index (χ0v) is 10.0. The van der Waals surface area contributed by atoms with Crippen molar-refractivity contribution in [3.05, 3.63) is 35.0 Å². The maximum Gasteiger partial charge on any atom is 0.0370 e. The number of halogens is 1. The van der Waals surface area contributed by atoms with Gasteiger partial charge in [-0.3, -0.25) is 0 Å². The highest BCUT2D eigenvalue weighted by atomic mass is 35.5. The van der Waals surface area contributed by atoms with Crippen molar-refractivity contribution in [1.29, 1.82) is 0 Å². The average Bonchev–Trinajstić information content (AvgIpc) is 2.44. The lowest BCUT2D eigenvalue weighted by atomic mass is 9.99. The molecule has 1 saturated heterocycles. The first kappa shape index (κ1) is 10.8. The lowest BCUT2D eigenvalue weighted by molar-refractivity contribution is 0.243. The van der Waals surface area contributed by atoms with Gasteiger partial charge in [-0.05, 0) is 37.3 Å². The molecule has 82 valence electrons. The highest BCUT2D eigenvalue weighted by molar-refractivity contribution is 6.31. The van der Waals surface area contributed by atoms with Gasteiger partial charge >= 0.3 is 0 Å². The van der Waals surface area contributed by atoms with Gasteiger partial charge in [-0.1, -0.05) is 30.7 Å². The molecule has 0 atom stereocenters. The van der Waals surface area contributed by atoms with E-state index in [1.54, 1.807) is 0 Å². The Morgan fingerprint density at radius 1 is 1.20 bits per heavy atom. The van der Waals surface area contributed by atoms with Crippen molar-refractivity contribution < 1.29 is 0 Å². The van der Waals surface area contributed by atoms with Crippen molar-refractivity contribution in [2.45, 2.75) is 26.2 Å². The lowest BCUT2D eigenvalue weighted by Crippen LogP contribution is -2.31. The van der Waals surface area contributed by atoms with Crippen molar-refractivity contribution in [2.24, 2.45) is 5.92 Å². The summed E-state index contributed by atoms with van der Waals surface area (Å²) >= 11 is 5.97. The third kappa shape index (κ3) is 2.88. The molecule has 1 nitrogen and oxygen atoms in total. The molecule has 0 spiro atoms. The van der Waals surface area contributed by atoms with Crippen molar-refractivity contribution in [3.63, 3.8) is 0 Å². The van der Waals surface area contributed by atoms with E-state index in [0.29, 0.717) is 0 Å². The van der Waals surface area contributed by atoms with E-state index < -0.39 is 0 Å². The van der Waals surface area contributed by atoms with Gasteiger partial charge in [0.2, 0.25) is 0 Å². The lowest BCUT2D eigenvalue weighted by Gasteiger charge is -2.32. The Kier molecular flexibility index (Phi) is 3.53. The van der Waals surface area contributed by atoms with Gasteiger partial charge in [-0.2, -0.15) is 0 Å². The summed E-state index contributed by atoms with van der Waals surface area (Å²) < 4.78 is 0. The molecule has 1 heterocycles. The summed E-state index contributed by atoms with van der Waals surface area (Å²) in [5.41, 5.74) is 1.34. The molecular formula is C13H18ClN. The Balaban J connectivity index is 2.00. The van der Waals surface area contributed by atoms with E-state index >= 15 is 0 Å². The van der Waals surface area contributed by atoms with Crippen LogP contribution in [0.4, 0.5) is 0 Å². The Labute approximate surface area is 97.1 Å². The summed E-state index contributed by atoms with van der Waals surface area (Å²) in [6.45, 7) is 4.72. The van der Waals surface area contributed by atoms with Crippen LogP contribution in [-0.4, -0.2) is 18.0 Å². The van der Waals surface area contributed by atoms with Crippen molar-refractivity contribution >= 4 is 11.6 Å². The van der Waals surface area contributed by atoms with Crippen LogP contribution in [0.5, 0.6) is 0 Å². The van der Waals surface area contributed by atoms with Gasteiger partial charge in [0.05, 0.1) is 0 Å². The first-order valence-corrected chi connectivity index (χ1v) is 6.12. The topological polar surface area (TPSA) is 3.24 Å². The maximum absolute atomic E-state index is 5.97. The van der Waals surface area contributed by atoms with Gasteiger partial charge in [-0.25, -0.2) is 0 Å². The van der Waals surface area contributed by atoms with Crippen LogP contribution >= 0.6 is 11.6 Å². The van der Waals surface area contributed by atoms with Crippen LogP contribution in [-0.2, 0) is 0 Å². The van der Waals surface area contributed by atoms with Gasteiger partial charge in [-0.15, -0.1) is 0 Å². The first-order valence-electron chi connectivity index (χ1n) is 5.74. The molecule has 0 saturated carbocycles. The molecule has 1 aliphatic heterocycles. The number of rotatable bonds is 1. The first-order chi connectivity index (χ1) is 7.25. The summed E-state index contributed by atoms with van der Waals surface area (Å²) in [7, 11) is 0. The molecule has 2 aliphatic rings. The van der Waals surface area contributed by atoms with E-state index in [1.165, 1.54) is 31.6 Å². The summed E-state index contributed by atoms with van der Waals surface area (Å²) in [5, 5.41) is 0.853. The van der Waals surface area contributed by atoms with Gasteiger partial charge in [0, 0.05) is 23.8 Å². The molecule has 1 fully saturated rings. The molecule has 0 radical (unpaired) electrons. The monoisotopic (exact) mass is 223 g/mol. The number of nitrogens with zero attached hydrogens (tertiary/aromatic N) is 1. The van der Waals surface area contributed by atoms with E-state index in [9.17, 15) is 0 Å². The molecule has 2 rings (SSSR count). The molecule has 0 bridgehead atoms. The Morgan fingerprint density at radius 2 is 1.93 bits per heavy atom. The fourth-order valence-corrected chi connectivity index (χ4v) is 2.25. The molecule has 0 unspecified atom stereocenters.